The number of H-pyrrole nitrogens is 2. The third kappa shape index (κ3) is 23.6. The Morgan fingerprint density at radius 3 is 1.41 bits per heavy atom. The summed E-state index contributed by atoms with van der Waals surface area (Å²) >= 11 is 8.25. The zero-order valence-electron chi connectivity index (χ0n) is 42.7. The van der Waals surface area contributed by atoms with Crippen LogP contribution in [0.1, 0.15) is 57.8 Å². The van der Waals surface area contributed by atoms with Crippen molar-refractivity contribution in [1.29, 1.82) is 0 Å². The second kappa shape index (κ2) is 33.3. The van der Waals surface area contributed by atoms with E-state index in [-0.39, 0.29) is 43.9 Å². The Kier molecular flexibility index (Phi) is 28.2. The Balaban J connectivity index is 2.23. The summed E-state index contributed by atoms with van der Waals surface area (Å²) in [6.45, 7) is 3.27. The quantitative estimate of drug-likeness (QED) is 0.0132. The molecule has 2 rings (SSSR count). The Labute approximate surface area is 460 Å². The Bertz CT molecular complexity index is 2460. The maximum Gasteiger partial charge on any atom is 0.326 e. The van der Waals surface area contributed by atoms with E-state index in [0.717, 1.165) is 20.8 Å². The minimum atomic E-state index is -1.93. The molecule has 36 heteroatoms. The van der Waals surface area contributed by atoms with E-state index >= 15 is 0 Å². The SMILES string of the molecule is C[C@H](NC(=O)[C@H](CC(=O)O)NC(=O)[C@@H](NC(=O)[C@@H](N)Cc1cnc[nH]1)[C@@H](C)O)C(=O)N[C@@H](CS)C(=O)N[C@@H](CS)C(=O)N[C@@H](CCCN=C(N)N)C(=O)N[C@H](C(=O)N[C@@H](Cc1cnc[nH]1)C(=O)N[C@@H](CC(=O)O)C(=O)O)[C@@H](C)O. The monoisotopic (exact) mass is 1160 g/mol. The fraction of sp³-hybridized carbons (Fsp3) is 0.558. The first-order chi connectivity index (χ1) is 37.1. The van der Waals surface area contributed by atoms with Crippen molar-refractivity contribution in [2.75, 3.05) is 18.1 Å². The number of aliphatic hydroxyl groups is 2. The molecule has 9 amide bonds. The fourth-order valence-corrected chi connectivity index (χ4v) is 7.33. The van der Waals surface area contributed by atoms with Gasteiger partial charge in [-0.15, -0.1) is 0 Å². The summed E-state index contributed by atoms with van der Waals surface area (Å²) in [4.78, 5) is 172. The number of imidazole rings is 2. The molecule has 0 saturated carbocycles. The molecule has 0 aliphatic carbocycles. The number of aliphatic imine (C=N–C) groups is 1. The summed E-state index contributed by atoms with van der Waals surface area (Å²) < 4.78 is 0. The Hall–Kier alpha value is -8.09. The first-order valence-corrected chi connectivity index (χ1v) is 25.1. The van der Waals surface area contributed by atoms with Gasteiger partial charge in [0.05, 0.1) is 43.7 Å². The molecule has 2 aromatic rings. The van der Waals surface area contributed by atoms with Crippen molar-refractivity contribution in [2.24, 2.45) is 22.2 Å². The molecule has 0 spiro atoms. The molecular weight excluding hydrogens is 1090 g/mol. The highest BCUT2D eigenvalue weighted by Crippen LogP contribution is 2.08. The average Bonchev–Trinajstić information content (AvgIpc) is 4.10. The number of amides is 9. The van der Waals surface area contributed by atoms with Gasteiger partial charge < -0.3 is 101 Å². The number of guanidine groups is 1. The lowest BCUT2D eigenvalue weighted by Gasteiger charge is -2.28. The average molecular weight is 1160 g/mol. The van der Waals surface area contributed by atoms with Crippen LogP contribution in [-0.4, -0.2) is 213 Å². The number of aliphatic hydroxyl groups excluding tert-OH is 2. The topological polar surface area (TPSA) is 562 Å². The molecule has 2 aromatic heterocycles. The number of aromatic nitrogens is 4. The summed E-state index contributed by atoms with van der Waals surface area (Å²) in [6.07, 6.45) is -0.790. The maximum absolute atomic E-state index is 13.9. The number of aromatic amines is 2. The van der Waals surface area contributed by atoms with Crippen LogP contribution >= 0.6 is 25.3 Å². The van der Waals surface area contributed by atoms with Crippen molar-refractivity contribution >= 4 is 102 Å². The van der Waals surface area contributed by atoms with Gasteiger partial charge in [0.2, 0.25) is 53.2 Å². The molecule has 0 fully saturated rings. The third-order valence-electron chi connectivity index (χ3n) is 11.0. The van der Waals surface area contributed by atoms with Crippen LogP contribution < -0.4 is 65.1 Å². The second-order valence-corrected chi connectivity index (χ2v) is 18.3. The van der Waals surface area contributed by atoms with E-state index in [0.29, 0.717) is 5.69 Å². The fourth-order valence-electron chi connectivity index (χ4n) is 6.81. The largest absolute Gasteiger partial charge is 0.481 e. The summed E-state index contributed by atoms with van der Waals surface area (Å²) in [5.74, 6) is -16.0. The molecule has 0 bridgehead atoms. The van der Waals surface area contributed by atoms with Crippen molar-refractivity contribution < 1.29 is 83.1 Å². The number of carbonyl (C=O) groups excluding carboxylic acids is 9. The highest BCUT2D eigenvalue weighted by molar-refractivity contribution is 7.80. The first kappa shape index (κ1) is 67.0. The molecule has 0 aliphatic heterocycles. The highest BCUT2D eigenvalue weighted by atomic mass is 32.1. The van der Waals surface area contributed by atoms with Crippen molar-refractivity contribution in [3.63, 3.8) is 0 Å². The molecule has 0 aliphatic rings. The number of carboxylic acids is 3. The normalized spacial score (nSPS) is 15.5. The molecule has 0 saturated heterocycles. The van der Waals surface area contributed by atoms with Crippen LogP contribution in [0, 0.1) is 0 Å². The molecule has 79 heavy (non-hydrogen) atoms. The predicted octanol–water partition coefficient (Wildman–Crippen LogP) is -8.66. The second-order valence-electron chi connectivity index (χ2n) is 17.6. The van der Waals surface area contributed by atoms with Crippen LogP contribution in [0.4, 0.5) is 0 Å². The Morgan fingerprint density at radius 2 is 0.949 bits per heavy atom. The van der Waals surface area contributed by atoms with Crippen LogP contribution in [0.25, 0.3) is 0 Å². The van der Waals surface area contributed by atoms with E-state index in [1.807, 2.05) is 5.32 Å². The van der Waals surface area contributed by atoms with Crippen molar-refractivity contribution in [1.82, 2.24) is 67.8 Å². The maximum atomic E-state index is 13.9. The molecule has 0 radical (unpaired) electrons. The number of carboxylic acid groups (broad SMARTS) is 3. The number of rotatable bonds is 35. The standard InChI is InChI=1S/C43H67N17O17S2/c1-17(52-36(70)25(9-29(63)64)55-40(74)31(18(2)61)59-34(68)22(44)7-20-11-47-15-50-20)33(67)57-27(13-78)39(73)58-28(14-79)38(72)53-23(5-4-6-49-43(45)46)35(69)60-32(19(3)62)41(75)54-24(8-21-12-48-16-51-21)37(71)56-26(42(76)77)10-30(65)66/h11-12,15-19,22-28,31-32,61-62,78-79H,4-10,13-14,44H2,1-3H3,(H,47,50)(H,48,51)(H,52,70)(H,53,72)(H,54,75)(H,55,74)(H,56,71)(H,57,67)(H,58,73)(H,59,68)(H,60,69)(H,63,64)(H,65,66)(H,76,77)(H4,45,46,49)/t17-,18+,19+,22-,23-,24-,25-,26-,27-,28-,31-,32-/m0/s1. The summed E-state index contributed by atoms with van der Waals surface area (Å²) in [5, 5.41) is 69.4. The molecule has 22 N–H and O–H groups in total. The van der Waals surface area contributed by atoms with Crippen molar-refractivity contribution in [2.45, 2.75) is 132 Å². The number of thiol groups is 2. The van der Waals surface area contributed by atoms with Gasteiger partial charge in [-0.1, -0.05) is 0 Å². The van der Waals surface area contributed by atoms with Gasteiger partial charge >= 0.3 is 17.9 Å². The zero-order valence-corrected chi connectivity index (χ0v) is 44.5. The van der Waals surface area contributed by atoms with Crippen LogP contribution in [-0.2, 0) is 70.4 Å². The lowest BCUT2D eigenvalue weighted by molar-refractivity contribution is -0.147. The minimum Gasteiger partial charge on any atom is -0.481 e. The van der Waals surface area contributed by atoms with Crippen molar-refractivity contribution in [3.8, 4) is 0 Å². The van der Waals surface area contributed by atoms with E-state index < -0.39 is 168 Å². The summed E-state index contributed by atoms with van der Waals surface area (Å²) in [7, 11) is 0. The van der Waals surface area contributed by atoms with E-state index in [1.54, 1.807) is 0 Å². The highest BCUT2D eigenvalue weighted by Gasteiger charge is 2.37. The van der Waals surface area contributed by atoms with Gasteiger partial charge in [-0.2, -0.15) is 25.3 Å². The van der Waals surface area contributed by atoms with Crippen molar-refractivity contribution in [3.05, 3.63) is 36.4 Å². The predicted molar refractivity (Wildman–Crippen MR) is 279 cm³/mol. The number of carbonyl (C=O) groups is 12. The first-order valence-electron chi connectivity index (χ1n) is 23.8. The number of nitrogens with one attached hydrogen (secondary N) is 11. The molecule has 12 atom stereocenters. The number of nitrogens with zero attached hydrogens (tertiary/aromatic N) is 3. The van der Waals surface area contributed by atoms with E-state index in [4.69, 9.17) is 22.3 Å². The van der Waals surface area contributed by atoms with E-state index in [9.17, 15) is 78.0 Å². The van der Waals surface area contributed by atoms with Gasteiger partial charge in [-0.25, -0.2) is 14.8 Å². The lowest BCUT2D eigenvalue weighted by atomic mass is 10.1. The molecular formula is C43H67N17O17S2. The van der Waals surface area contributed by atoms with Gasteiger partial charge in [0, 0.05) is 54.7 Å². The number of aliphatic carboxylic acids is 3. The number of hydrogen-bond donors (Lipinski definition) is 21. The van der Waals surface area contributed by atoms with Crippen LogP contribution in [0.15, 0.2) is 30.0 Å². The minimum absolute atomic E-state index is 0.00271. The molecule has 0 aromatic carbocycles. The van der Waals surface area contributed by atoms with Crippen LogP contribution in [0.3, 0.4) is 0 Å². The molecule has 34 nitrogen and oxygen atoms in total. The molecule has 0 unspecified atom stereocenters. The summed E-state index contributed by atoms with van der Waals surface area (Å²) in [5.41, 5.74) is 17.5. The number of nitrogens with two attached hydrogens (primary N) is 3. The molecule has 438 valence electrons. The van der Waals surface area contributed by atoms with Gasteiger partial charge in [-0.05, 0) is 33.6 Å². The zero-order chi connectivity index (χ0) is 59.7. The lowest BCUT2D eigenvalue weighted by Crippen LogP contribution is -2.62. The summed E-state index contributed by atoms with van der Waals surface area (Å²) in [6, 6.07) is -16.6. The molecule has 2 heterocycles. The smallest absolute Gasteiger partial charge is 0.326 e. The van der Waals surface area contributed by atoms with Crippen LogP contribution in [0.5, 0.6) is 0 Å². The van der Waals surface area contributed by atoms with Gasteiger partial charge in [0.1, 0.15) is 54.4 Å². The van der Waals surface area contributed by atoms with E-state index in [2.05, 4.69) is 92.7 Å². The van der Waals surface area contributed by atoms with E-state index in [1.165, 1.54) is 25.0 Å². The van der Waals surface area contributed by atoms with Crippen LogP contribution in [0.2, 0.25) is 0 Å². The third-order valence-corrected chi connectivity index (χ3v) is 11.8. The Morgan fingerprint density at radius 1 is 0.544 bits per heavy atom. The van der Waals surface area contributed by atoms with Gasteiger partial charge in [0.15, 0.2) is 5.96 Å². The van der Waals surface area contributed by atoms with Gasteiger partial charge in [0.25, 0.3) is 0 Å². The number of hydrogen-bond acceptors (Lipinski definition) is 20. The van der Waals surface area contributed by atoms with Gasteiger partial charge in [-0.3, -0.25) is 57.7 Å².